The monoisotopic (exact) mass is 414 g/mol. The summed E-state index contributed by atoms with van der Waals surface area (Å²) in [5.41, 5.74) is 0.420. The van der Waals surface area contributed by atoms with E-state index in [0.717, 1.165) is 0 Å². The maximum Gasteiger partial charge on any atom is 0.408 e. The van der Waals surface area contributed by atoms with Crippen LogP contribution in [0.25, 0.3) is 0 Å². The summed E-state index contributed by atoms with van der Waals surface area (Å²) in [5, 5.41) is 11.1. The van der Waals surface area contributed by atoms with Crippen LogP contribution in [0.3, 0.4) is 0 Å². The van der Waals surface area contributed by atoms with Gasteiger partial charge in [0.15, 0.2) is 10.5 Å². The number of hydrogen-bond acceptors (Lipinski definition) is 3. The van der Waals surface area contributed by atoms with Crippen molar-refractivity contribution < 1.29 is 23.1 Å². The predicted molar refractivity (Wildman–Crippen MR) is 106 cm³/mol. The van der Waals surface area contributed by atoms with Crippen LogP contribution >= 0.6 is 11.8 Å². The fraction of sp³-hybridized carbons (Fsp3) is 0.174. The minimum Gasteiger partial charge on any atom is -0.388 e. The van der Waals surface area contributed by atoms with Gasteiger partial charge in [-0.25, -0.2) is 0 Å². The van der Waals surface area contributed by atoms with E-state index < -0.39 is 28.7 Å². The van der Waals surface area contributed by atoms with Crippen LogP contribution in [0.2, 0.25) is 0 Å². The molecule has 0 unspecified atom stereocenters. The molecule has 29 heavy (non-hydrogen) atoms. The first kappa shape index (κ1) is 19.7. The highest BCUT2D eigenvalue weighted by Gasteiger charge is 2.67. The molecule has 0 saturated heterocycles. The second kappa shape index (κ2) is 7.35. The van der Waals surface area contributed by atoms with E-state index in [-0.39, 0.29) is 11.1 Å². The zero-order valence-electron chi connectivity index (χ0n) is 15.1. The predicted octanol–water partition coefficient (Wildman–Crippen LogP) is 5.78. The Balaban J connectivity index is 2.01. The number of fused-ring (bicyclic) bond motifs is 1. The quantitative estimate of drug-likeness (QED) is 0.552. The van der Waals surface area contributed by atoms with Crippen LogP contribution < -0.4 is 0 Å². The summed E-state index contributed by atoms with van der Waals surface area (Å²) in [5.74, 6) is -2.46. The lowest BCUT2D eigenvalue weighted by molar-refractivity contribution is -0.180. The normalized spacial score (nSPS) is 24.0. The topological polar surface area (TPSA) is 37.3 Å². The first-order valence-corrected chi connectivity index (χ1v) is 9.85. The summed E-state index contributed by atoms with van der Waals surface area (Å²) < 4.78 is 41.8. The van der Waals surface area contributed by atoms with Gasteiger partial charge in [0.25, 0.3) is 0 Å². The number of halogens is 3. The number of thioether (sulfide) groups is 1. The third kappa shape index (κ3) is 3.16. The van der Waals surface area contributed by atoms with Crippen molar-refractivity contribution in [3.8, 4) is 0 Å². The Hall–Kier alpha value is -2.57. The van der Waals surface area contributed by atoms with E-state index in [1.807, 2.05) is 0 Å². The zero-order chi connectivity index (χ0) is 20.6. The minimum atomic E-state index is -4.79. The summed E-state index contributed by atoms with van der Waals surface area (Å²) >= 11 is 0.594. The fourth-order valence-electron chi connectivity index (χ4n) is 3.89. The van der Waals surface area contributed by atoms with E-state index in [2.05, 4.69) is 0 Å². The molecule has 0 amide bonds. The second-order valence-corrected chi connectivity index (χ2v) is 8.18. The molecule has 2 nitrogen and oxygen atoms in total. The second-order valence-electron chi connectivity index (χ2n) is 6.89. The van der Waals surface area contributed by atoms with Gasteiger partial charge in [-0.3, -0.25) is 4.79 Å². The van der Waals surface area contributed by atoms with Gasteiger partial charge in [-0.15, -0.1) is 11.8 Å². The summed E-state index contributed by atoms with van der Waals surface area (Å²) in [7, 11) is 0. The van der Waals surface area contributed by atoms with Gasteiger partial charge in [-0.2, -0.15) is 13.2 Å². The lowest BCUT2D eigenvalue weighted by atomic mass is 9.74. The third-order valence-electron chi connectivity index (χ3n) is 5.23. The van der Waals surface area contributed by atoms with Crippen molar-refractivity contribution in [2.24, 2.45) is 5.92 Å². The van der Waals surface area contributed by atoms with Crippen LogP contribution in [0.15, 0.2) is 89.8 Å². The number of aliphatic hydroxyl groups is 1. The van der Waals surface area contributed by atoms with Gasteiger partial charge in [0, 0.05) is 10.5 Å². The van der Waals surface area contributed by atoms with E-state index in [0.29, 0.717) is 22.2 Å². The molecule has 1 aliphatic rings. The van der Waals surface area contributed by atoms with Gasteiger partial charge >= 0.3 is 6.18 Å². The Labute approximate surface area is 170 Å². The number of rotatable bonds is 3. The molecule has 148 valence electrons. The number of hydrogen-bond donors (Lipinski definition) is 1. The van der Waals surface area contributed by atoms with Gasteiger partial charge in [-0.05, 0) is 17.2 Å². The summed E-state index contributed by atoms with van der Waals surface area (Å²) in [6.45, 7) is 0. The SMILES string of the molecule is O=C(c1ccccc1)[C@@H]1[C@@H](O)c2ccccc2S[C@@]1(c1ccccc1)C(F)(F)F. The molecule has 1 N–H and O–H groups in total. The van der Waals surface area contributed by atoms with E-state index in [1.165, 1.54) is 36.4 Å². The molecule has 1 aliphatic heterocycles. The number of benzene rings is 3. The van der Waals surface area contributed by atoms with Crippen molar-refractivity contribution in [2.75, 3.05) is 0 Å². The molecule has 1 heterocycles. The highest BCUT2D eigenvalue weighted by molar-refractivity contribution is 8.00. The van der Waals surface area contributed by atoms with Gasteiger partial charge < -0.3 is 5.11 Å². The molecule has 0 radical (unpaired) electrons. The number of aliphatic hydroxyl groups excluding tert-OH is 1. The largest absolute Gasteiger partial charge is 0.408 e. The molecule has 0 fully saturated rings. The maximum absolute atomic E-state index is 14.8. The molecule has 0 saturated carbocycles. The zero-order valence-corrected chi connectivity index (χ0v) is 16.0. The number of Topliss-reactive ketones (excluding diaryl/α,β-unsaturated/α-hetero) is 1. The molecular weight excluding hydrogens is 397 g/mol. The first-order valence-electron chi connectivity index (χ1n) is 9.04. The number of alkyl halides is 3. The molecule has 4 rings (SSSR count). The van der Waals surface area contributed by atoms with E-state index in [1.54, 1.807) is 48.5 Å². The molecule has 0 aromatic heterocycles. The average molecular weight is 414 g/mol. The van der Waals surface area contributed by atoms with Crippen LogP contribution in [0.1, 0.15) is 27.6 Å². The van der Waals surface area contributed by atoms with E-state index in [9.17, 15) is 23.1 Å². The van der Waals surface area contributed by atoms with Crippen molar-refractivity contribution in [3.05, 3.63) is 102 Å². The number of carbonyl (C=O) groups excluding carboxylic acids is 1. The Kier molecular flexibility index (Phi) is 5.00. The molecular formula is C23H17F3O2S. The van der Waals surface area contributed by atoms with Crippen LogP contribution in [-0.4, -0.2) is 17.1 Å². The lowest BCUT2D eigenvalue weighted by Crippen LogP contribution is -2.53. The van der Waals surface area contributed by atoms with Crippen molar-refractivity contribution in [1.82, 2.24) is 0 Å². The highest BCUT2D eigenvalue weighted by atomic mass is 32.2. The van der Waals surface area contributed by atoms with Crippen LogP contribution in [0.5, 0.6) is 0 Å². The summed E-state index contributed by atoms with van der Waals surface area (Å²) in [4.78, 5) is 13.7. The Morgan fingerprint density at radius 3 is 2.03 bits per heavy atom. The summed E-state index contributed by atoms with van der Waals surface area (Å²) in [6, 6.07) is 21.6. The molecule has 3 aromatic rings. The van der Waals surface area contributed by atoms with Crippen molar-refractivity contribution in [2.45, 2.75) is 21.9 Å². The molecule has 6 heteroatoms. The van der Waals surface area contributed by atoms with Crippen molar-refractivity contribution in [1.29, 1.82) is 0 Å². The fourth-order valence-corrected chi connectivity index (χ4v) is 5.42. The van der Waals surface area contributed by atoms with Crippen molar-refractivity contribution in [3.63, 3.8) is 0 Å². The maximum atomic E-state index is 14.8. The Morgan fingerprint density at radius 1 is 0.862 bits per heavy atom. The van der Waals surface area contributed by atoms with Gasteiger partial charge in [-0.1, -0.05) is 78.9 Å². The van der Waals surface area contributed by atoms with Gasteiger partial charge in [0.2, 0.25) is 0 Å². The van der Waals surface area contributed by atoms with Crippen LogP contribution in [0, 0.1) is 5.92 Å². The van der Waals surface area contributed by atoms with E-state index in [4.69, 9.17) is 0 Å². The average Bonchev–Trinajstić information content (AvgIpc) is 2.73. The Morgan fingerprint density at radius 2 is 1.41 bits per heavy atom. The van der Waals surface area contributed by atoms with Crippen molar-refractivity contribution >= 4 is 17.5 Å². The molecule has 3 atom stereocenters. The molecule has 0 bridgehead atoms. The highest BCUT2D eigenvalue weighted by Crippen LogP contribution is 2.64. The molecule has 0 spiro atoms. The van der Waals surface area contributed by atoms with Crippen LogP contribution in [0.4, 0.5) is 13.2 Å². The van der Waals surface area contributed by atoms with Gasteiger partial charge in [0.1, 0.15) is 0 Å². The minimum absolute atomic E-state index is 0.0552. The molecule has 0 aliphatic carbocycles. The summed E-state index contributed by atoms with van der Waals surface area (Å²) in [6.07, 6.45) is -6.38. The number of ketones is 1. The van der Waals surface area contributed by atoms with Crippen LogP contribution in [-0.2, 0) is 4.75 Å². The lowest BCUT2D eigenvalue weighted by Gasteiger charge is -2.46. The molecule has 3 aromatic carbocycles. The Bertz CT molecular complexity index is 1020. The van der Waals surface area contributed by atoms with Gasteiger partial charge in [0.05, 0.1) is 12.0 Å². The smallest absolute Gasteiger partial charge is 0.388 e. The standard InChI is InChI=1S/C23H17F3O2S/c24-23(25,26)22(16-11-5-2-6-12-16)19(20(27)15-9-3-1-4-10-15)21(28)17-13-7-8-14-18(17)29-22/h1-14,19,21,28H/t19-,21+,22-/m1/s1. The number of carbonyl (C=O) groups is 1. The third-order valence-corrected chi connectivity index (χ3v) is 6.86. The first-order chi connectivity index (χ1) is 13.9. The van der Waals surface area contributed by atoms with E-state index >= 15 is 0 Å².